The summed E-state index contributed by atoms with van der Waals surface area (Å²) in [6, 6.07) is 9.49. The number of hydrogen-bond donors (Lipinski definition) is 0. The number of rotatable bonds is 3. The Morgan fingerprint density at radius 1 is 1.11 bits per heavy atom. The van der Waals surface area contributed by atoms with Crippen molar-refractivity contribution < 1.29 is 4.74 Å². The van der Waals surface area contributed by atoms with E-state index in [4.69, 9.17) is 4.74 Å². The van der Waals surface area contributed by atoms with Crippen LogP contribution in [0.4, 0.5) is 0 Å². The van der Waals surface area contributed by atoms with Crippen LogP contribution >= 0.6 is 11.3 Å². The van der Waals surface area contributed by atoms with Gasteiger partial charge in [-0.2, -0.15) is 5.10 Å². The average molecular weight is 390 g/mol. The predicted molar refractivity (Wildman–Crippen MR) is 106 cm³/mol. The molecule has 9 heteroatoms. The van der Waals surface area contributed by atoms with Gasteiger partial charge in [-0.1, -0.05) is 12.1 Å². The van der Waals surface area contributed by atoms with Crippen molar-refractivity contribution in [2.45, 2.75) is 6.92 Å². The number of ether oxygens (including phenoxy) is 1. The molecule has 1 aromatic carbocycles. The molecule has 0 bridgehead atoms. The van der Waals surface area contributed by atoms with Gasteiger partial charge < -0.3 is 4.74 Å². The minimum absolute atomic E-state index is 0.244. The second-order valence-corrected chi connectivity index (χ2v) is 7.04. The zero-order valence-corrected chi connectivity index (χ0v) is 15.8. The average Bonchev–Trinajstić information content (AvgIpc) is 3.36. The highest BCUT2D eigenvalue weighted by atomic mass is 32.1. The van der Waals surface area contributed by atoms with Crippen LogP contribution in [0.15, 0.2) is 52.9 Å². The fourth-order valence-corrected chi connectivity index (χ4v) is 3.86. The van der Waals surface area contributed by atoms with Gasteiger partial charge in [-0.05, 0) is 30.7 Å². The Kier molecular flexibility index (Phi) is 3.69. The molecule has 5 rings (SSSR count). The Morgan fingerprint density at radius 2 is 1.93 bits per heavy atom. The van der Waals surface area contributed by atoms with Gasteiger partial charge in [0.1, 0.15) is 11.3 Å². The molecular weight excluding hydrogens is 376 g/mol. The third kappa shape index (κ3) is 2.40. The van der Waals surface area contributed by atoms with E-state index < -0.39 is 0 Å². The first-order chi connectivity index (χ1) is 13.7. The van der Waals surface area contributed by atoms with Crippen LogP contribution in [0.5, 0.6) is 5.75 Å². The van der Waals surface area contributed by atoms with Gasteiger partial charge in [-0.15, -0.1) is 21.5 Å². The van der Waals surface area contributed by atoms with Crippen LogP contribution in [-0.4, -0.2) is 36.5 Å². The van der Waals surface area contributed by atoms with Crippen LogP contribution in [0.3, 0.4) is 0 Å². The Morgan fingerprint density at radius 3 is 2.64 bits per heavy atom. The van der Waals surface area contributed by atoms with Gasteiger partial charge in [0.05, 0.1) is 18.4 Å². The molecule has 0 aliphatic carbocycles. The van der Waals surface area contributed by atoms with Crippen molar-refractivity contribution in [2.75, 3.05) is 7.11 Å². The molecule has 0 saturated heterocycles. The van der Waals surface area contributed by atoms with Crippen LogP contribution < -0.4 is 10.3 Å². The zero-order valence-electron chi connectivity index (χ0n) is 15.0. The second kappa shape index (κ2) is 6.24. The maximum Gasteiger partial charge on any atom is 0.286 e. The molecule has 0 spiro atoms. The van der Waals surface area contributed by atoms with E-state index in [-0.39, 0.29) is 11.1 Å². The maximum absolute atomic E-state index is 12.9. The van der Waals surface area contributed by atoms with Crippen molar-refractivity contribution in [2.24, 2.45) is 0 Å². The van der Waals surface area contributed by atoms with E-state index in [1.807, 2.05) is 42.6 Å². The van der Waals surface area contributed by atoms with Gasteiger partial charge >= 0.3 is 0 Å². The molecule has 0 unspecified atom stereocenters. The molecule has 4 heterocycles. The normalized spacial score (nSPS) is 11.4. The van der Waals surface area contributed by atoms with E-state index in [1.54, 1.807) is 24.0 Å². The van der Waals surface area contributed by atoms with E-state index in [9.17, 15) is 4.79 Å². The monoisotopic (exact) mass is 390 g/mol. The van der Waals surface area contributed by atoms with E-state index in [0.717, 1.165) is 22.6 Å². The highest BCUT2D eigenvalue weighted by Crippen LogP contribution is 2.29. The third-order valence-electron chi connectivity index (χ3n) is 4.56. The summed E-state index contributed by atoms with van der Waals surface area (Å²) >= 11 is 1.38. The molecule has 0 aliphatic heterocycles. The lowest BCUT2D eigenvalue weighted by molar-refractivity contribution is 0.415. The van der Waals surface area contributed by atoms with Crippen molar-refractivity contribution in [3.63, 3.8) is 0 Å². The zero-order chi connectivity index (χ0) is 19.3. The van der Waals surface area contributed by atoms with Gasteiger partial charge in [0.15, 0.2) is 16.3 Å². The standard InChI is InChI=1S/C19H14N6O2S/c1-11-15(12-3-5-13(27-2)6-4-12)17-22-21-16-14(25(17)23-11)7-9-24(18(16)26)19-20-8-10-28-19/h3-10H,1-2H3. The van der Waals surface area contributed by atoms with E-state index >= 15 is 0 Å². The topological polar surface area (TPSA) is 87.2 Å². The predicted octanol–water partition coefficient (Wildman–Crippen LogP) is 2.87. The SMILES string of the molecule is COc1ccc(-c2c(C)nn3c2nnc2c(=O)n(-c4nccs4)ccc23)cc1. The number of benzene rings is 1. The Bertz CT molecular complexity index is 1370. The van der Waals surface area contributed by atoms with Crippen molar-refractivity contribution in [3.05, 3.63) is 64.2 Å². The minimum atomic E-state index is -0.277. The molecule has 0 atom stereocenters. The van der Waals surface area contributed by atoms with Crippen molar-refractivity contribution in [1.82, 2.24) is 29.4 Å². The maximum atomic E-state index is 12.9. The van der Waals surface area contributed by atoms with Gasteiger partial charge in [0.2, 0.25) is 0 Å². The molecule has 0 saturated carbocycles. The smallest absolute Gasteiger partial charge is 0.286 e. The highest BCUT2D eigenvalue weighted by Gasteiger charge is 2.18. The van der Waals surface area contributed by atoms with Gasteiger partial charge in [-0.25, -0.2) is 9.50 Å². The van der Waals surface area contributed by atoms with Crippen LogP contribution in [0.25, 0.3) is 32.9 Å². The summed E-state index contributed by atoms with van der Waals surface area (Å²) in [6.07, 6.45) is 3.35. The molecule has 8 nitrogen and oxygen atoms in total. The minimum Gasteiger partial charge on any atom is -0.497 e. The molecule has 0 radical (unpaired) electrons. The van der Waals surface area contributed by atoms with Gasteiger partial charge in [0, 0.05) is 17.8 Å². The van der Waals surface area contributed by atoms with E-state index in [1.165, 1.54) is 15.9 Å². The van der Waals surface area contributed by atoms with Crippen LogP contribution in [-0.2, 0) is 0 Å². The Hall–Kier alpha value is -3.59. The Balaban J connectivity index is 1.75. The van der Waals surface area contributed by atoms with E-state index in [0.29, 0.717) is 16.3 Å². The second-order valence-electron chi connectivity index (χ2n) is 6.16. The first-order valence-corrected chi connectivity index (χ1v) is 9.37. The largest absolute Gasteiger partial charge is 0.497 e. The Labute approximate surface area is 162 Å². The molecule has 28 heavy (non-hydrogen) atoms. The lowest BCUT2D eigenvalue weighted by Crippen LogP contribution is -2.20. The van der Waals surface area contributed by atoms with Crippen LogP contribution in [0.2, 0.25) is 0 Å². The van der Waals surface area contributed by atoms with Crippen LogP contribution in [0.1, 0.15) is 5.69 Å². The van der Waals surface area contributed by atoms with Crippen molar-refractivity contribution in [1.29, 1.82) is 0 Å². The summed E-state index contributed by atoms with van der Waals surface area (Å²) in [5.74, 6) is 0.775. The molecule has 5 aromatic rings. The summed E-state index contributed by atoms with van der Waals surface area (Å²) in [4.78, 5) is 17.1. The van der Waals surface area contributed by atoms with Crippen molar-refractivity contribution >= 4 is 28.0 Å². The number of fused-ring (bicyclic) bond motifs is 3. The molecule has 0 aliphatic rings. The fourth-order valence-electron chi connectivity index (χ4n) is 3.23. The molecule has 4 aromatic heterocycles. The first-order valence-electron chi connectivity index (χ1n) is 8.49. The molecule has 0 N–H and O–H groups in total. The van der Waals surface area contributed by atoms with Crippen LogP contribution in [0, 0.1) is 6.92 Å². The number of methoxy groups -OCH3 is 1. The fraction of sp³-hybridized carbons (Fsp3) is 0.105. The quantitative estimate of drug-likeness (QED) is 0.471. The lowest BCUT2D eigenvalue weighted by atomic mass is 10.1. The number of thiazole rings is 1. The first kappa shape index (κ1) is 16.6. The highest BCUT2D eigenvalue weighted by molar-refractivity contribution is 7.12. The van der Waals surface area contributed by atoms with E-state index in [2.05, 4.69) is 20.3 Å². The molecule has 0 fully saturated rings. The summed E-state index contributed by atoms with van der Waals surface area (Å²) in [5.41, 5.74) is 3.80. The number of pyridine rings is 1. The lowest BCUT2D eigenvalue weighted by Gasteiger charge is -2.05. The third-order valence-corrected chi connectivity index (χ3v) is 5.33. The molecule has 138 valence electrons. The summed E-state index contributed by atoms with van der Waals surface area (Å²) < 4.78 is 8.36. The summed E-state index contributed by atoms with van der Waals surface area (Å²) in [5, 5.41) is 15.6. The number of hydrogen-bond acceptors (Lipinski definition) is 7. The molecular formula is C19H14N6O2S. The number of nitrogens with zero attached hydrogens (tertiary/aromatic N) is 6. The van der Waals surface area contributed by atoms with Gasteiger partial charge in [-0.3, -0.25) is 9.36 Å². The molecule has 0 amide bonds. The number of aromatic nitrogens is 6. The summed E-state index contributed by atoms with van der Waals surface area (Å²) in [7, 11) is 1.63. The number of aryl methyl sites for hydroxylation is 1. The van der Waals surface area contributed by atoms with Crippen molar-refractivity contribution in [3.8, 4) is 22.0 Å². The van der Waals surface area contributed by atoms with Gasteiger partial charge in [0.25, 0.3) is 5.56 Å². The summed E-state index contributed by atoms with van der Waals surface area (Å²) in [6.45, 7) is 1.91.